The molecule has 2 N–H and O–H groups in total. The molecule has 4 heteroatoms. The Balaban J connectivity index is 2.66. The standard InChI is InChI=1S/C11H16BrFN2/c1-2-15(6-5-14)8-9-3-4-11(13)10(12)7-9/h3-4,7H,2,5-6,8,14H2,1H3. The highest BCUT2D eigenvalue weighted by molar-refractivity contribution is 9.10. The average Bonchev–Trinajstić information content (AvgIpc) is 2.23. The van der Waals surface area contributed by atoms with Gasteiger partial charge >= 0.3 is 0 Å². The topological polar surface area (TPSA) is 29.3 Å². The maximum atomic E-state index is 13.0. The summed E-state index contributed by atoms with van der Waals surface area (Å²) in [5.41, 5.74) is 6.60. The summed E-state index contributed by atoms with van der Waals surface area (Å²) in [5.74, 6) is -0.222. The smallest absolute Gasteiger partial charge is 0.137 e. The van der Waals surface area contributed by atoms with Crippen LogP contribution in [0, 0.1) is 5.82 Å². The van der Waals surface area contributed by atoms with Crippen LogP contribution in [0.25, 0.3) is 0 Å². The van der Waals surface area contributed by atoms with E-state index in [-0.39, 0.29) is 5.82 Å². The molecule has 0 saturated heterocycles. The molecule has 0 bridgehead atoms. The van der Waals surface area contributed by atoms with Crippen LogP contribution in [-0.2, 0) is 6.54 Å². The lowest BCUT2D eigenvalue weighted by Gasteiger charge is -2.19. The first-order chi connectivity index (χ1) is 7.17. The molecule has 0 aliphatic rings. The van der Waals surface area contributed by atoms with Gasteiger partial charge in [0, 0.05) is 19.6 Å². The number of nitrogens with two attached hydrogens (primary N) is 1. The van der Waals surface area contributed by atoms with Gasteiger partial charge in [-0.15, -0.1) is 0 Å². The molecule has 0 aromatic heterocycles. The molecule has 15 heavy (non-hydrogen) atoms. The highest BCUT2D eigenvalue weighted by Gasteiger charge is 2.05. The SMILES string of the molecule is CCN(CCN)Cc1ccc(F)c(Br)c1. The Labute approximate surface area is 98.4 Å². The maximum absolute atomic E-state index is 13.0. The van der Waals surface area contributed by atoms with Crippen LogP contribution < -0.4 is 5.73 Å². The molecule has 84 valence electrons. The first-order valence-electron chi connectivity index (χ1n) is 5.03. The van der Waals surface area contributed by atoms with Crippen LogP contribution in [0.2, 0.25) is 0 Å². The van der Waals surface area contributed by atoms with Gasteiger partial charge in [-0.3, -0.25) is 4.90 Å². The fourth-order valence-electron chi connectivity index (χ4n) is 1.43. The predicted octanol–water partition coefficient (Wildman–Crippen LogP) is 2.37. The second kappa shape index (κ2) is 6.20. The quantitative estimate of drug-likeness (QED) is 0.894. The molecule has 0 atom stereocenters. The molecular weight excluding hydrogens is 259 g/mol. The zero-order valence-electron chi connectivity index (χ0n) is 8.84. The molecule has 0 aliphatic carbocycles. The van der Waals surface area contributed by atoms with Gasteiger partial charge in [-0.05, 0) is 40.2 Å². The van der Waals surface area contributed by atoms with Gasteiger partial charge in [-0.2, -0.15) is 0 Å². The first kappa shape index (κ1) is 12.6. The van der Waals surface area contributed by atoms with Gasteiger partial charge in [0.25, 0.3) is 0 Å². The van der Waals surface area contributed by atoms with Crippen LogP contribution in [0.5, 0.6) is 0 Å². The van der Waals surface area contributed by atoms with Gasteiger partial charge in [0.1, 0.15) is 5.82 Å². The van der Waals surface area contributed by atoms with Gasteiger partial charge in [0.05, 0.1) is 4.47 Å². The number of halogens is 2. The number of likely N-dealkylation sites (N-methyl/N-ethyl adjacent to an activating group) is 1. The minimum atomic E-state index is -0.222. The average molecular weight is 275 g/mol. The predicted molar refractivity (Wildman–Crippen MR) is 64.1 cm³/mol. The molecule has 0 radical (unpaired) electrons. The van der Waals surface area contributed by atoms with E-state index in [1.54, 1.807) is 6.07 Å². The Hall–Kier alpha value is -0.450. The van der Waals surface area contributed by atoms with Crippen LogP contribution in [0.4, 0.5) is 4.39 Å². The van der Waals surface area contributed by atoms with E-state index in [1.165, 1.54) is 6.07 Å². The minimum absolute atomic E-state index is 0.222. The fraction of sp³-hybridized carbons (Fsp3) is 0.455. The van der Waals surface area contributed by atoms with E-state index in [0.717, 1.165) is 25.2 Å². The lowest BCUT2D eigenvalue weighted by Crippen LogP contribution is -2.28. The summed E-state index contributed by atoms with van der Waals surface area (Å²) in [6, 6.07) is 5.10. The molecule has 0 saturated carbocycles. The summed E-state index contributed by atoms with van der Waals surface area (Å²) in [5, 5.41) is 0. The van der Waals surface area contributed by atoms with E-state index in [0.29, 0.717) is 11.0 Å². The number of hydrogen-bond donors (Lipinski definition) is 1. The van der Waals surface area contributed by atoms with Crippen LogP contribution in [0.3, 0.4) is 0 Å². The van der Waals surface area contributed by atoms with Crippen molar-refractivity contribution >= 4 is 15.9 Å². The summed E-state index contributed by atoms with van der Waals surface area (Å²) in [6.45, 7) is 5.37. The molecule has 1 aromatic rings. The largest absolute Gasteiger partial charge is 0.329 e. The highest BCUT2D eigenvalue weighted by Crippen LogP contribution is 2.17. The summed E-state index contributed by atoms with van der Waals surface area (Å²) in [4.78, 5) is 2.22. The Morgan fingerprint density at radius 2 is 2.20 bits per heavy atom. The third kappa shape index (κ3) is 3.89. The van der Waals surface area contributed by atoms with Gasteiger partial charge in [0.2, 0.25) is 0 Å². The zero-order valence-corrected chi connectivity index (χ0v) is 10.4. The molecular formula is C11H16BrFN2. The van der Waals surface area contributed by atoms with Gasteiger partial charge in [-0.1, -0.05) is 13.0 Å². The Kier molecular flexibility index (Phi) is 5.22. The van der Waals surface area contributed by atoms with E-state index in [9.17, 15) is 4.39 Å². The van der Waals surface area contributed by atoms with Crippen LogP contribution in [0.15, 0.2) is 22.7 Å². The number of hydrogen-bond acceptors (Lipinski definition) is 2. The normalized spacial score (nSPS) is 11.0. The lowest BCUT2D eigenvalue weighted by atomic mass is 10.2. The van der Waals surface area contributed by atoms with Crippen molar-refractivity contribution in [2.75, 3.05) is 19.6 Å². The summed E-state index contributed by atoms with van der Waals surface area (Å²) in [7, 11) is 0. The third-order valence-electron chi connectivity index (χ3n) is 2.28. The molecule has 0 amide bonds. The Morgan fingerprint density at radius 3 is 2.73 bits per heavy atom. The van der Waals surface area contributed by atoms with Gasteiger partial charge < -0.3 is 5.73 Å². The third-order valence-corrected chi connectivity index (χ3v) is 2.89. The van der Waals surface area contributed by atoms with E-state index in [1.807, 2.05) is 6.07 Å². The van der Waals surface area contributed by atoms with Crippen molar-refractivity contribution in [3.8, 4) is 0 Å². The van der Waals surface area contributed by atoms with Crippen molar-refractivity contribution in [2.45, 2.75) is 13.5 Å². The molecule has 0 unspecified atom stereocenters. The Morgan fingerprint density at radius 1 is 1.47 bits per heavy atom. The van der Waals surface area contributed by atoms with Crippen LogP contribution in [0.1, 0.15) is 12.5 Å². The fourth-order valence-corrected chi connectivity index (χ4v) is 1.85. The molecule has 0 spiro atoms. The number of benzene rings is 1. The van der Waals surface area contributed by atoms with Gasteiger partial charge in [0.15, 0.2) is 0 Å². The Bertz CT molecular complexity index is 317. The van der Waals surface area contributed by atoms with Crippen molar-refractivity contribution in [2.24, 2.45) is 5.73 Å². The monoisotopic (exact) mass is 274 g/mol. The second-order valence-corrected chi connectivity index (χ2v) is 4.26. The minimum Gasteiger partial charge on any atom is -0.329 e. The van der Waals surface area contributed by atoms with Crippen molar-refractivity contribution in [1.82, 2.24) is 4.90 Å². The van der Waals surface area contributed by atoms with Crippen LogP contribution in [-0.4, -0.2) is 24.5 Å². The summed E-state index contributed by atoms with van der Waals surface area (Å²) < 4.78 is 13.5. The number of rotatable bonds is 5. The zero-order chi connectivity index (χ0) is 11.3. The highest BCUT2D eigenvalue weighted by atomic mass is 79.9. The van der Waals surface area contributed by atoms with E-state index >= 15 is 0 Å². The summed E-state index contributed by atoms with van der Waals surface area (Å²) in [6.07, 6.45) is 0. The maximum Gasteiger partial charge on any atom is 0.137 e. The molecule has 0 heterocycles. The van der Waals surface area contributed by atoms with Crippen LogP contribution >= 0.6 is 15.9 Å². The van der Waals surface area contributed by atoms with E-state index in [4.69, 9.17) is 5.73 Å². The van der Waals surface area contributed by atoms with Crippen molar-refractivity contribution < 1.29 is 4.39 Å². The number of nitrogens with zero attached hydrogens (tertiary/aromatic N) is 1. The molecule has 0 fully saturated rings. The summed E-state index contributed by atoms with van der Waals surface area (Å²) >= 11 is 3.18. The van der Waals surface area contributed by atoms with Crippen molar-refractivity contribution in [1.29, 1.82) is 0 Å². The van der Waals surface area contributed by atoms with Crippen molar-refractivity contribution in [3.63, 3.8) is 0 Å². The van der Waals surface area contributed by atoms with Gasteiger partial charge in [-0.25, -0.2) is 4.39 Å². The molecule has 2 nitrogen and oxygen atoms in total. The van der Waals surface area contributed by atoms with Crippen molar-refractivity contribution in [3.05, 3.63) is 34.1 Å². The first-order valence-corrected chi connectivity index (χ1v) is 5.83. The van der Waals surface area contributed by atoms with E-state index in [2.05, 4.69) is 27.8 Å². The second-order valence-electron chi connectivity index (χ2n) is 3.41. The van der Waals surface area contributed by atoms with E-state index < -0.39 is 0 Å². The molecule has 1 aromatic carbocycles. The molecule has 0 aliphatic heterocycles. The molecule has 1 rings (SSSR count). The lowest BCUT2D eigenvalue weighted by molar-refractivity contribution is 0.288.